The van der Waals surface area contributed by atoms with Crippen molar-refractivity contribution in [3.8, 4) is 0 Å². The Labute approximate surface area is 207 Å². The Balaban J connectivity index is 1.47. The minimum atomic E-state index is -0.254. The third kappa shape index (κ3) is 7.73. The molecule has 4 atom stereocenters. The van der Waals surface area contributed by atoms with Crippen LogP contribution < -0.4 is 10.6 Å². The van der Waals surface area contributed by atoms with Crippen LogP contribution in [0.25, 0.3) is 0 Å². The average molecular weight is 475 g/mol. The first-order valence-corrected chi connectivity index (χ1v) is 12.1. The van der Waals surface area contributed by atoms with E-state index in [1.54, 1.807) is 0 Å². The molecule has 0 spiro atoms. The zero-order valence-electron chi connectivity index (χ0n) is 20.1. The fourth-order valence-corrected chi connectivity index (χ4v) is 4.33. The summed E-state index contributed by atoms with van der Waals surface area (Å²) in [5.74, 6) is -0.0702. The molecule has 3 aromatic carbocycles. The van der Waals surface area contributed by atoms with E-state index in [0.717, 1.165) is 16.7 Å². The molecular weight excluding hydrogens is 440 g/mol. The summed E-state index contributed by atoms with van der Waals surface area (Å²) in [4.78, 5) is 11.7. The van der Waals surface area contributed by atoms with Crippen molar-refractivity contribution in [3.05, 3.63) is 108 Å². The standard InChI is InChI=1S/C29H34N2O4/c1-22(32)30-17-26-28(34-19-24-13-7-3-8-14-24)29(35-20-25-15-9-4-10-16-25)27(31-26)21-33-18-23-11-5-2-6-12-23/h2-16,26-29,31H,17-21H2,1H3,(H,30,32)/t26-,27-,28-,29-/m1/s1. The van der Waals surface area contributed by atoms with Gasteiger partial charge in [-0.2, -0.15) is 0 Å². The second-order valence-corrected chi connectivity index (χ2v) is 8.84. The highest BCUT2D eigenvalue weighted by Crippen LogP contribution is 2.24. The van der Waals surface area contributed by atoms with Crippen molar-refractivity contribution < 1.29 is 19.0 Å². The van der Waals surface area contributed by atoms with E-state index in [9.17, 15) is 4.79 Å². The second kappa shape index (κ2) is 13.2. The number of nitrogens with one attached hydrogen (secondary N) is 2. The minimum Gasteiger partial charge on any atom is -0.375 e. The number of hydrogen-bond acceptors (Lipinski definition) is 5. The highest BCUT2D eigenvalue weighted by atomic mass is 16.5. The van der Waals surface area contributed by atoms with E-state index >= 15 is 0 Å². The number of ether oxygens (including phenoxy) is 3. The molecule has 0 bridgehead atoms. The number of rotatable bonds is 12. The number of carbonyl (C=O) groups is 1. The lowest BCUT2D eigenvalue weighted by Gasteiger charge is -2.26. The highest BCUT2D eigenvalue weighted by molar-refractivity contribution is 5.72. The van der Waals surface area contributed by atoms with Crippen LogP contribution in [0.4, 0.5) is 0 Å². The van der Waals surface area contributed by atoms with Crippen molar-refractivity contribution in [2.45, 2.75) is 51.0 Å². The van der Waals surface area contributed by atoms with Crippen molar-refractivity contribution >= 4 is 5.91 Å². The van der Waals surface area contributed by atoms with E-state index in [4.69, 9.17) is 14.2 Å². The van der Waals surface area contributed by atoms with E-state index in [1.807, 2.05) is 66.7 Å². The largest absolute Gasteiger partial charge is 0.375 e. The molecule has 0 unspecified atom stereocenters. The van der Waals surface area contributed by atoms with Gasteiger partial charge in [0, 0.05) is 13.5 Å². The van der Waals surface area contributed by atoms with Crippen LogP contribution in [0.1, 0.15) is 23.6 Å². The van der Waals surface area contributed by atoms with Gasteiger partial charge < -0.3 is 24.8 Å². The molecule has 2 N–H and O–H groups in total. The third-order valence-corrected chi connectivity index (χ3v) is 6.10. The van der Waals surface area contributed by atoms with E-state index < -0.39 is 0 Å². The van der Waals surface area contributed by atoms with Crippen molar-refractivity contribution in [2.24, 2.45) is 0 Å². The Morgan fingerprint density at radius 1 is 0.714 bits per heavy atom. The molecular formula is C29H34N2O4. The summed E-state index contributed by atoms with van der Waals surface area (Å²) in [6.07, 6.45) is -0.496. The minimum absolute atomic E-state index is 0.0702. The van der Waals surface area contributed by atoms with Crippen LogP contribution in [0.5, 0.6) is 0 Å². The van der Waals surface area contributed by atoms with Gasteiger partial charge >= 0.3 is 0 Å². The maximum absolute atomic E-state index is 11.7. The topological polar surface area (TPSA) is 68.8 Å². The Morgan fingerprint density at radius 2 is 1.17 bits per heavy atom. The first-order valence-electron chi connectivity index (χ1n) is 12.1. The summed E-state index contributed by atoms with van der Waals surface area (Å²) < 4.78 is 19.0. The number of hydrogen-bond donors (Lipinski definition) is 2. The summed E-state index contributed by atoms with van der Waals surface area (Å²) in [7, 11) is 0. The van der Waals surface area contributed by atoms with Gasteiger partial charge in [0.15, 0.2) is 0 Å². The number of amides is 1. The molecule has 0 radical (unpaired) electrons. The summed E-state index contributed by atoms with van der Waals surface area (Å²) in [6, 6.07) is 30.2. The van der Waals surface area contributed by atoms with Crippen LogP contribution in [0.3, 0.4) is 0 Å². The number of benzene rings is 3. The maximum atomic E-state index is 11.7. The monoisotopic (exact) mass is 474 g/mol. The van der Waals surface area contributed by atoms with Crippen molar-refractivity contribution in [2.75, 3.05) is 13.2 Å². The maximum Gasteiger partial charge on any atom is 0.216 e. The van der Waals surface area contributed by atoms with E-state index in [1.165, 1.54) is 6.92 Å². The zero-order valence-corrected chi connectivity index (χ0v) is 20.1. The smallest absolute Gasteiger partial charge is 0.216 e. The van der Waals surface area contributed by atoms with Crippen molar-refractivity contribution in [1.82, 2.24) is 10.6 Å². The lowest BCUT2D eigenvalue weighted by Crippen LogP contribution is -2.44. The van der Waals surface area contributed by atoms with Crippen LogP contribution in [0, 0.1) is 0 Å². The fourth-order valence-electron chi connectivity index (χ4n) is 4.33. The lowest BCUT2D eigenvalue weighted by atomic mass is 10.1. The van der Waals surface area contributed by atoms with E-state index in [0.29, 0.717) is 33.0 Å². The van der Waals surface area contributed by atoms with Crippen LogP contribution in [-0.2, 0) is 38.8 Å². The first kappa shape index (κ1) is 25.1. The second-order valence-electron chi connectivity index (χ2n) is 8.84. The molecule has 0 aliphatic carbocycles. The molecule has 35 heavy (non-hydrogen) atoms. The quantitative estimate of drug-likeness (QED) is 0.417. The molecule has 1 aliphatic rings. The predicted octanol–water partition coefficient (Wildman–Crippen LogP) is 3.85. The molecule has 0 aromatic heterocycles. The van der Waals surface area contributed by atoms with Gasteiger partial charge in [-0.3, -0.25) is 4.79 Å². The van der Waals surface area contributed by atoms with Gasteiger partial charge in [-0.15, -0.1) is 0 Å². The summed E-state index contributed by atoms with van der Waals surface area (Å²) in [5, 5.41) is 6.55. The van der Waals surface area contributed by atoms with Gasteiger partial charge in [-0.25, -0.2) is 0 Å². The normalized spacial score (nSPS) is 21.6. The van der Waals surface area contributed by atoms with Crippen LogP contribution >= 0.6 is 0 Å². The molecule has 6 heteroatoms. The Bertz CT molecular complexity index is 1020. The molecule has 0 saturated carbocycles. The van der Waals surface area contributed by atoms with Crippen molar-refractivity contribution in [3.63, 3.8) is 0 Å². The van der Waals surface area contributed by atoms with Crippen LogP contribution in [-0.4, -0.2) is 43.4 Å². The molecule has 6 nitrogen and oxygen atoms in total. The first-order chi connectivity index (χ1) is 17.2. The van der Waals surface area contributed by atoms with E-state index in [2.05, 4.69) is 34.9 Å². The molecule has 1 aliphatic heterocycles. The van der Waals surface area contributed by atoms with Gasteiger partial charge in [0.2, 0.25) is 5.91 Å². The van der Waals surface area contributed by atoms with Gasteiger partial charge in [0.25, 0.3) is 0 Å². The predicted molar refractivity (Wildman–Crippen MR) is 136 cm³/mol. The van der Waals surface area contributed by atoms with Gasteiger partial charge in [-0.05, 0) is 16.7 Å². The number of carbonyl (C=O) groups excluding carboxylic acids is 1. The average Bonchev–Trinajstić information content (AvgIpc) is 3.23. The van der Waals surface area contributed by atoms with Gasteiger partial charge in [0.1, 0.15) is 12.2 Å². The van der Waals surface area contributed by atoms with E-state index in [-0.39, 0.29) is 30.2 Å². The fraction of sp³-hybridized carbons (Fsp3) is 0.345. The summed E-state index contributed by atoms with van der Waals surface area (Å²) in [6.45, 7) is 3.91. The van der Waals surface area contributed by atoms with Gasteiger partial charge in [0.05, 0.1) is 38.5 Å². The van der Waals surface area contributed by atoms with Crippen LogP contribution in [0.15, 0.2) is 91.0 Å². The zero-order chi connectivity index (χ0) is 24.3. The molecule has 184 valence electrons. The summed E-state index contributed by atoms with van der Waals surface area (Å²) in [5.41, 5.74) is 3.32. The third-order valence-electron chi connectivity index (χ3n) is 6.10. The Hall–Kier alpha value is -3.03. The van der Waals surface area contributed by atoms with Gasteiger partial charge in [-0.1, -0.05) is 91.0 Å². The molecule has 1 saturated heterocycles. The molecule has 3 aromatic rings. The molecule has 1 amide bonds. The van der Waals surface area contributed by atoms with Crippen LogP contribution in [0.2, 0.25) is 0 Å². The highest BCUT2D eigenvalue weighted by Gasteiger charge is 2.44. The molecule has 1 fully saturated rings. The molecule has 4 rings (SSSR count). The SMILES string of the molecule is CC(=O)NC[C@H]1N[C@H](COCc2ccccc2)[C@@H](OCc2ccccc2)[C@@H]1OCc1ccccc1. The summed E-state index contributed by atoms with van der Waals surface area (Å²) >= 11 is 0. The Kier molecular flexibility index (Phi) is 9.43. The Morgan fingerprint density at radius 3 is 1.66 bits per heavy atom. The van der Waals surface area contributed by atoms with Crippen molar-refractivity contribution in [1.29, 1.82) is 0 Å². The lowest BCUT2D eigenvalue weighted by molar-refractivity contribution is -0.119. The molecule has 1 heterocycles.